The van der Waals surface area contributed by atoms with E-state index in [0.717, 1.165) is 0 Å². The molecule has 35 heavy (non-hydrogen) atoms. The first-order chi connectivity index (χ1) is 16.5. The number of nitrogens with one attached hydrogen (secondary N) is 1. The highest BCUT2D eigenvalue weighted by molar-refractivity contribution is 5.90. The molecule has 2 heterocycles. The topological polar surface area (TPSA) is 209 Å². The van der Waals surface area contributed by atoms with Gasteiger partial charge in [0.2, 0.25) is 6.41 Å². The maximum atomic E-state index is 14.2. The molecule has 0 unspecified atom stereocenters. The highest BCUT2D eigenvalue weighted by Gasteiger charge is 2.40. The lowest BCUT2D eigenvalue weighted by Crippen LogP contribution is -2.42. The third-order valence-corrected chi connectivity index (χ3v) is 4.58. The summed E-state index contributed by atoms with van der Waals surface area (Å²) in [6.45, 7) is 0.472. The van der Waals surface area contributed by atoms with Crippen molar-refractivity contribution < 1.29 is 53.5 Å². The highest BCUT2D eigenvalue weighted by Crippen LogP contribution is 2.25. The molecule has 0 aliphatic carbocycles. The Hall–Kier alpha value is -4.53. The van der Waals surface area contributed by atoms with Crippen LogP contribution in [0.15, 0.2) is 36.7 Å². The zero-order valence-corrected chi connectivity index (χ0v) is 17.9. The van der Waals surface area contributed by atoms with E-state index in [9.17, 15) is 28.4 Å². The Balaban J connectivity index is 0.000000287. The minimum atomic E-state index is -2.74. The van der Waals surface area contributed by atoms with Crippen LogP contribution in [0.25, 0.3) is 5.69 Å². The predicted molar refractivity (Wildman–Crippen MR) is 112 cm³/mol. The van der Waals surface area contributed by atoms with Gasteiger partial charge in [-0.05, 0) is 24.3 Å². The van der Waals surface area contributed by atoms with Crippen molar-refractivity contribution in [2.75, 3.05) is 18.0 Å². The average molecular weight is 496 g/mol. The van der Waals surface area contributed by atoms with E-state index in [1.807, 2.05) is 0 Å². The van der Waals surface area contributed by atoms with Crippen LogP contribution in [0.2, 0.25) is 0 Å². The largest absolute Gasteiger partial charge is 0.481 e. The Bertz CT molecular complexity index is 1080. The fourth-order valence-corrected chi connectivity index (χ4v) is 2.99. The number of ether oxygens (including phenoxy) is 1. The molecule has 1 aliphatic heterocycles. The fraction of sp³-hybridized carbons (Fsp3) is 0.300. The Kier molecular flexibility index (Phi) is 8.82. The zero-order valence-electron chi connectivity index (χ0n) is 17.9. The first kappa shape index (κ1) is 26.7. The average Bonchev–Trinajstić information content (AvgIpc) is 3.41. The van der Waals surface area contributed by atoms with Gasteiger partial charge in [-0.1, -0.05) is 0 Å². The summed E-state index contributed by atoms with van der Waals surface area (Å²) in [4.78, 5) is 53.9. The van der Waals surface area contributed by atoms with Crippen LogP contribution >= 0.6 is 0 Å². The molecule has 1 saturated heterocycles. The molecule has 2 amide bonds. The predicted octanol–water partition coefficient (Wildman–Crippen LogP) is -0.166. The number of hydrogen-bond acceptors (Lipinski definition) is 8. The van der Waals surface area contributed by atoms with E-state index in [2.05, 4.69) is 10.4 Å². The van der Waals surface area contributed by atoms with Gasteiger partial charge in [-0.25, -0.2) is 18.7 Å². The van der Waals surface area contributed by atoms with Gasteiger partial charge in [0.25, 0.3) is 0 Å². The summed E-state index contributed by atoms with van der Waals surface area (Å²) >= 11 is 0. The summed E-state index contributed by atoms with van der Waals surface area (Å²) in [6, 6.07) is 6.11. The number of cyclic esters (lactones) is 1. The van der Waals surface area contributed by atoms with E-state index >= 15 is 0 Å². The quantitative estimate of drug-likeness (QED) is 0.273. The van der Waals surface area contributed by atoms with Gasteiger partial charge in [-0.2, -0.15) is 5.10 Å². The summed E-state index contributed by atoms with van der Waals surface area (Å²) in [5, 5.41) is 40.2. The number of rotatable bonds is 10. The molecule has 3 rings (SSSR count). The van der Waals surface area contributed by atoms with Crippen molar-refractivity contribution in [1.29, 1.82) is 0 Å². The van der Waals surface area contributed by atoms with Crippen LogP contribution in [-0.4, -0.2) is 85.4 Å². The lowest BCUT2D eigenvalue weighted by atomic mass is 9.96. The fourth-order valence-electron chi connectivity index (χ4n) is 2.99. The monoisotopic (exact) mass is 496 g/mol. The number of nitrogens with zero attached hydrogens (tertiary/aromatic N) is 3. The smallest absolute Gasteiger partial charge is 0.414 e. The normalized spacial score (nSPS) is 15.0. The van der Waals surface area contributed by atoms with Crippen LogP contribution in [0.5, 0.6) is 0 Å². The molecule has 0 saturated carbocycles. The van der Waals surface area contributed by atoms with Crippen molar-refractivity contribution in [2.24, 2.45) is 0 Å². The first-order valence-electron chi connectivity index (χ1n) is 9.81. The van der Waals surface area contributed by atoms with Crippen LogP contribution in [0, 0.1) is 5.82 Å². The van der Waals surface area contributed by atoms with E-state index in [0.29, 0.717) is 17.8 Å². The number of aliphatic carboxylic acids is 3. The van der Waals surface area contributed by atoms with Gasteiger partial charge in [-0.15, -0.1) is 0 Å². The Morgan fingerprint density at radius 1 is 1.23 bits per heavy atom. The van der Waals surface area contributed by atoms with Gasteiger partial charge in [-0.3, -0.25) is 19.3 Å². The summed E-state index contributed by atoms with van der Waals surface area (Å²) in [5.74, 6) is -5.52. The van der Waals surface area contributed by atoms with Crippen molar-refractivity contribution in [3.8, 4) is 5.69 Å². The second kappa shape index (κ2) is 11.6. The number of anilines is 1. The molecule has 14 nitrogen and oxygen atoms in total. The molecule has 1 aromatic heterocycles. The number of aromatic nitrogens is 2. The van der Waals surface area contributed by atoms with Crippen LogP contribution in [0.4, 0.5) is 14.9 Å². The van der Waals surface area contributed by atoms with Gasteiger partial charge < -0.3 is 30.5 Å². The Morgan fingerprint density at radius 3 is 2.37 bits per heavy atom. The molecule has 188 valence electrons. The summed E-state index contributed by atoms with van der Waals surface area (Å²) in [6.07, 6.45) is 0.410. The van der Waals surface area contributed by atoms with E-state index in [1.54, 1.807) is 30.6 Å². The van der Waals surface area contributed by atoms with Crippen LogP contribution in [-0.2, 0) is 23.9 Å². The van der Waals surface area contributed by atoms with E-state index in [4.69, 9.17) is 25.2 Å². The van der Waals surface area contributed by atoms with Crippen molar-refractivity contribution in [3.63, 3.8) is 0 Å². The molecule has 1 atom stereocenters. The van der Waals surface area contributed by atoms with Crippen LogP contribution in [0.3, 0.4) is 0 Å². The number of hydrogen-bond donors (Lipinski definition) is 5. The van der Waals surface area contributed by atoms with Crippen molar-refractivity contribution >= 4 is 36.1 Å². The molecular formula is C20H21FN4O10. The summed E-state index contributed by atoms with van der Waals surface area (Å²) in [5.41, 5.74) is -2.05. The van der Waals surface area contributed by atoms with Gasteiger partial charge in [0.15, 0.2) is 11.4 Å². The molecule has 2 aromatic rings. The molecule has 0 spiro atoms. The third kappa shape index (κ3) is 7.23. The number of carboxylic acid groups (broad SMARTS) is 3. The molecular weight excluding hydrogens is 475 g/mol. The van der Waals surface area contributed by atoms with Crippen molar-refractivity contribution in [2.45, 2.75) is 24.5 Å². The maximum absolute atomic E-state index is 14.2. The Labute approximate surface area is 196 Å². The van der Waals surface area contributed by atoms with E-state index in [-0.39, 0.29) is 13.1 Å². The van der Waals surface area contributed by atoms with Gasteiger partial charge in [0.05, 0.1) is 31.6 Å². The molecule has 0 bridgehead atoms. The van der Waals surface area contributed by atoms with Crippen LogP contribution in [0.1, 0.15) is 12.8 Å². The zero-order chi connectivity index (χ0) is 26.2. The summed E-state index contributed by atoms with van der Waals surface area (Å²) < 4.78 is 20.7. The van der Waals surface area contributed by atoms with Crippen LogP contribution < -0.4 is 10.2 Å². The number of carbonyl (C=O) groups is 5. The maximum Gasteiger partial charge on any atom is 0.414 e. The number of carboxylic acids is 3. The molecule has 1 fully saturated rings. The molecule has 1 aliphatic rings. The minimum absolute atomic E-state index is 0.222. The number of benzene rings is 1. The summed E-state index contributed by atoms with van der Waals surface area (Å²) in [7, 11) is 0. The van der Waals surface area contributed by atoms with E-state index in [1.165, 1.54) is 15.6 Å². The second-order valence-corrected chi connectivity index (χ2v) is 7.21. The van der Waals surface area contributed by atoms with Gasteiger partial charge in [0.1, 0.15) is 11.8 Å². The highest BCUT2D eigenvalue weighted by atomic mass is 19.1. The van der Waals surface area contributed by atoms with Gasteiger partial charge in [0, 0.05) is 12.4 Å². The van der Waals surface area contributed by atoms with Crippen molar-refractivity contribution in [1.82, 2.24) is 15.1 Å². The lowest BCUT2D eigenvalue weighted by Gasteiger charge is -2.18. The number of carbonyl (C=O) groups excluding carboxylic acids is 2. The van der Waals surface area contributed by atoms with Crippen molar-refractivity contribution in [3.05, 3.63) is 42.5 Å². The lowest BCUT2D eigenvalue weighted by molar-refractivity contribution is -0.170. The molecule has 5 N–H and O–H groups in total. The van der Waals surface area contributed by atoms with Gasteiger partial charge >= 0.3 is 24.0 Å². The Morgan fingerprint density at radius 2 is 1.89 bits per heavy atom. The number of halogens is 1. The van der Waals surface area contributed by atoms with E-state index < -0.39 is 54.4 Å². The number of amides is 2. The molecule has 1 aromatic carbocycles. The molecule has 0 radical (unpaired) electrons. The second-order valence-electron chi connectivity index (χ2n) is 7.21. The third-order valence-electron chi connectivity index (χ3n) is 4.58. The molecule has 15 heteroatoms. The number of aliphatic hydroxyl groups is 1. The minimum Gasteiger partial charge on any atom is -0.481 e. The standard InChI is InChI=1S/C14H13FN4O3.C6H8O7/c15-12-6-10(2-3-13(12)19-5-1-4-17-19)18-8-11(7-16-9-20)22-14(18)21;7-3(8)1-6(13,5(11)12)2-4(9)10/h1-6,9,11H,7-8H2,(H,16,20);13H,1-2H2,(H,7,8)(H,9,10)(H,11,12)/t11-;/m0./s1. The first-order valence-corrected chi connectivity index (χ1v) is 9.81. The SMILES string of the molecule is O=C(O)CC(O)(CC(=O)O)C(=O)O.O=CNC[C@H]1CN(c2ccc(-n3cccn3)c(F)c2)C(=O)O1.